The molecule has 234 valence electrons. The molecule has 4 amide bonds. The maximum atomic E-state index is 15.1. The summed E-state index contributed by atoms with van der Waals surface area (Å²) in [5.41, 5.74) is -1.16. The second-order valence-corrected chi connectivity index (χ2v) is 12.7. The number of alkyl halides is 2. The van der Waals surface area contributed by atoms with Gasteiger partial charge in [0.25, 0.3) is 23.6 Å². The second kappa shape index (κ2) is 9.50. The van der Waals surface area contributed by atoms with E-state index in [1.54, 1.807) is 0 Å². The van der Waals surface area contributed by atoms with E-state index in [1.807, 2.05) is 0 Å². The van der Waals surface area contributed by atoms with E-state index < -0.39 is 98.2 Å². The minimum absolute atomic E-state index is 0.0602. The second-order valence-electron chi connectivity index (χ2n) is 11.5. The van der Waals surface area contributed by atoms with Crippen molar-refractivity contribution < 1.29 is 56.2 Å². The predicted octanol–water partition coefficient (Wildman–Crippen LogP) is 4.39. The molecule has 5 aliphatic rings. The number of halogens is 7. The number of imide groups is 2. The Balaban J connectivity index is 1.45. The summed E-state index contributed by atoms with van der Waals surface area (Å²) < 4.78 is 78.3. The summed E-state index contributed by atoms with van der Waals surface area (Å²) in [5.74, 6) is -22.5. The number of fused-ring (bicyclic) bond motifs is 5. The Morgan fingerprint density at radius 1 is 0.889 bits per heavy atom. The summed E-state index contributed by atoms with van der Waals surface area (Å²) in [5, 5.41) is 20.1. The van der Waals surface area contributed by atoms with Crippen LogP contribution in [0.1, 0.15) is 18.4 Å². The van der Waals surface area contributed by atoms with Crippen molar-refractivity contribution in [1.82, 2.24) is 5.06 Å². The molecule has 0 spiro atoms. The first kappa shape index (κ1) is 29.7. The number of hydrogen-bond acceptors (Lipinski definition) is 7. The molecule has 2 aromatic rings. The standard InChI is InChI=1S/C29H17Cl2F5N2O7/c30-28-7-14-12(2-3-13-16(14)25(41)38(44)24(13)40)17(10-5-9-6-11(39)1-4-15(9)45-8-10)29(28,31)27(43)37(26(28)42)23-21(35)19(33)18(32)20(34)22(23)36/h1-2,4,6,8,13-14,16-17,39,44H,3,5,7H2/t13-,14+,16-,17-,28+,29-/m0/s1. The molecule has 9 nitrogen and oxygen atoms in total. The highest BCUT2D eigenvalue weighted by Gasteiger charge is 2.77. The topological polar surface area (TPSA) is 124 Å². The maximum Gasteiger partial charge on any atom is 0.258 e. The van der Waals surface area contributed by atoms with Crippen LogP contribution >= 0.6 is 23.2 Å². The Hall–Kier alpha value is -4.01. The third-order valence-electron chi connectivity index (χ3n) is 9.34. The van der Waals surface area contributed by atoms with Gasteiger partial charge in [-0.05, 0) is 42.5 Å². The first-order chi connectivity index (χ1) is 21.1. The van der Waals surface area contributed by atoms with Crippen LogP contribution in [-0.2, 0) is 25.6 Å². The van der Waals surface area contributed by atoms with Crippen molar-refractivity contribution in [3.8, 4) is 11.5 Å². The number of phenolic OH excluding ortho intramolecular Hbond substituents is 1. The molecule has 6 atom stereocenters. The number of amides is 4. The number of phenols is 1. The van der Waals surface area contributed by atoms with Crippen LogP contribution in [0.2, 0.25) is 0 Å². The van der Waals surface area contributed by atoms with E-state index in [1.165, 1.54) is 30.5 Å². The molecule has 3 aliphatic heterocycles. The number of hydroxylamine groups is 2. The van der Waals surface area contributed by atoms with Crippen LogP contribution in [0.3, 0.4) is 0 Å². The number of ether oxygens (including phenoxy) is 1. The van der Waals surface area contributed by atoms with Gasteiger partial charge in [-0.25, -0.2) is 26.9 Å². The van der Waals surface area contributed by atoms with E-state index in [0.717, 1.165) is 0 Å². The van der Waals surface area contributed by atoms with Crippen LogP contribution in [0.5, 0.6) is 11.5 Å². The molecule has 2 N–H and O–H groups in total. The van der Waals surface area contributed by atoms with E-state index in [0.29, 0.717) is 11.3 Å². The molecule has 1 saturated carbocycles. The third-order valence-corrected chi connectivity index (χ3v) is 10.8. The Labute approximate surface area is 259 Å². The van der Waals surface area contributed by atoms with Crippen molar-refractivity contribution in [2.24, 2.45) is 23.7 Å². The van der Waals surface area contributed by atoms with Crippen LogP contribution in [0.25, 0.3) is 0 Å². The van der Waals surface area contributed by atoms with Crippen LogP contribution < -0.4 is 9.64 Å². The van der Waals surface area contributed by atoms with Crippen molar-refractivity contribution in [2.75, 3.05) is 4.90 Å². The molecule has 45 heavy (non-hydrogen) atoms. The minimum Gasteiger partial charge on any atom is -0.508 e. The van der Waals surface area contributed by atoms with Crippen molar-refractivity contribution in [2.45, 2.75) is 29.0 Å². The van der Waals surface area contributed by atoms with Crippen LogP contribution in [0.4, 0.5) is 27.6 Å². The predicted molar refractivity (Wildman–Crippen MR) is 141 cm³/mol. The lowest BCUT2D eigenvalue weighted by Crippen LogP contribution is -2.61. The van der Waals surface area contributed by atoms with Gasteiger partial charge in [-0.3, -0.25) is 24.4 Å². The monoisotopic (exact) mass is 670 g/mol. The number of aromatic hydroxyl groups is 1. The van der Waals surface area contributed by atoms with E-state index in [4.69, 9.17) is 27.9 Å². The number of nitrogens with zero attached hydrogens (tertiary/aromatic N) is 2. The molecular formula is C29H17Cl2F5N2O7. The summed E-state index contributed by atoms with van der Waals surface area (Å²) in [6.07, 6.45) is 1.75. The highest BCUT2D eigenvalue weighted by molar-refractivity contribution is 6.58. The van der Waals surface area contributed by atoms with Crippen LogP contribution in [0.15, 0.2) is 41.7 Å². The van der Waals surface area contributed by atoms with Crippen molar-refractivity contribution in [3.05, 3.63) is 76.3 Å². The molecular weight excluding hydrogens is 654 g/mol. The molecule has 0 radical (unpaired) electrons. The van der Waals surface area contributed by atoms with Gasteiger partial charge >= 0.3 is 0 Å². The molecule has 7 rings (SSSR count). The molecule has 0 aromatic heterocycles. The molecule has 3 heterocycles. The fourth-order valence-electron chi connectivity index (χ4n) is 7.36. The first-order valence-corrected chi connectivity index (χ1v) is 14.1. The lowest BCUT2D eigenvalue weighted by molar-refractivity contribution is -0.173. The molecule has 0 unspecified atom stereocenters. The number of anilines is 1. The number of hydrogen-bond donors (Lipinski definition) is 2. The average Bonchev–Trinajstić information content (AvgIpc) is 3.32. The normalized spacial score (nSPS) is 32.1. The van der Waals surface area contributed by atoms with Gasteiger partial charge in [0.15, 0.2) is 33.0 Å². The summed E-state index contributed by atoms with van der Waals surface area (Å²) in [6.45, 7) is 0. The Morgan fingerprint density at radius 2 is 1.53 bits per heavy atom. The highest BCUT2D eigenvalue weighted by Crippen LogP contribution is 2.65. The number of rotatable bonds is 2. The number of allylic oxidation sites excluding steroid dienone is 3. The van der Waals surface area contributed by atoms with Gasteiger partial charge in [0, 0.05) is 17.9 Å². The summed E-state index contributed by atoms with van der Waals surface area (Å²) in [6, 6.07) is 4.13. The lowest BCUT2D eigenvalue weighted by Gasteiger charge is -2.51. The van der Waals surface area contributed by atoms with Crippen molar-refractivity contribution in [3.63, 3.8) is 0 Å². The molecule has 16 heteroatoms. The third kappa shape index (κ3) is 3.58. The lowest BCUT2D eigenvalue weighted by atomic mass is 9.56. The van der Waals surface area contributed by atoms with Gasteiger partial charge < -0.3 is 9.84 Å². The zero-order valence-corrected chi connectivity index (χ0v) is 23.8. The number of carbonyl (C=O) groups excluding carboxylic acids is 4. The van der Waals surface area contributed by atoms with Gasteiger partial charge in [0.05, 0.1) is 18.1 Å². The minimum atomic E-state index is -2.70. The summed E-state index contributed by atoms with van der Waals surface area (Å²) in [4.78, 5) is 48.4. The van der Waals surface area contributed by atoms with Gasteiger partial charge in [-0.2, -0.15) is 5.06 Å². The molecule has 3 fully saturated rings. The largest absolute Gasteiger partial charge is 0.508 e. The first-order valence-electron chi connectivity index (χ1n) is 13.4. The van der Waals surface area contributed by atoms with Gasteiger partial charge in [0.1, 0.15) is 17.2 Å². The molecule has 2 aliphatic carbocycles. The van der Waals surface area contributed by atoms with Crippen molar-refractivity contribution in [1.29, 1.82) is 0 Å². The molecule has 2 aromatic carbocycles. The SMILES string of the molecule is O=C1[C@H]2[C@H](CC=C3[C@H](C4=COc5ccc(O)cc5C4)[C@]4(Cl)C(=O)N(c5c(F)c(F)c(F)c(F)c5F)C(=O)[C@]4(Cl)C[C@H]32)C(=O)N1O. The smallest absolute Gasteiger partial charge is 0.258 e. The Bertz CT molecular complexity index is 1840. The fraction of sp³-hybridized carbons (Fsp3) is 0.310. The zero-order valence-electron chi connectivity index (χ0n) is 22.3. The van der Waals surface area contributed by atoms with E-state index in [9.17, 15) is 42.7 Å². The maximum absolute atomic E-state index is 15.1. The van der Waals surface area contributed by atoms with E-state index in [2.05, 4.69) is 0 Å². The Kier molecular flexibility index (Phi) is 6.27. The van der Waals surface area contributed by atoms with Gasteiger partial charge in [0.2, 0.25) is 5.82 Å². The quantitative estimate of drug-likeness (QED) is 0.0924. The van der Waals surface area contributed by atoms with Crippen LogP contribution in [-0.4, -0.2) is 48.8 Å². The van der Waals surface area contributed by atoms with Crippen molar-refractivity contribution >= 4 is 52.5 Å². The summed E-state index contributed by atoms with van der Waals surface area (Å²) >= 11 is 14.0. The van der Waals surface area contributed by atoms with E-state index >= 15 is 8.78 Å². The van der Waals surface area contributed by atoms with Crippen LogP contribution in [0, 0.1) is 52.8 Å². The van der Waals surface area contributed by atoms with E-state index in [-0.39, 0.29) is 39.7 Å². The van der Waals surface area contributed by atoms with Gasteiger partial charge in [-0.15, -0.1) is 23.2 Å². The summed E-state index contributed by atoms with van der Waals surface area (Å²) in [7, 11) is 0. The average molecular weight is 671 g/mol. The molecule has 2 saturated heterocycles. The van der Waals surface area contributed by atoms with Gasteiger partial charge in [-0.1, -0.05) is 11.6 Å². The highest BCUT2D eigenvalue weighted by atomic mass is 35.5. The zero-order chi connectivity index (χ0) is 32.5. The Morgan fingerprint density at radius 3 is 2.20 bits per heavy atom. The number of carbonyl (C=O) groups is 4. The fourth-order valence-corrected chi connectivity index (χ4v) is 8.31. The number of benzene rings is 2. The molecule has 0 bridgehead atoms.